The summed E-state index contributed by atoms with van der Waals surface area (Å²) in [4.78, 5) is 50.5. The fourth-order valence-electron chi connectivity index (χ4n) is 3.61. The molecular formula is C27H21BrN2O6. The lowest BCUT2D eigenvalue weighted by molar-refractivity contribution is -0.122. The molecule has 0 atom stereocenters. The first-order valence-corrected chi connectivity index (χ1v) is 11.6. The Morgan fingerprint density at radius 1 is 1.03 bits per heavy atom. The van der Waals surface area contributed by atoms with E-state index in [2.05, 4.69) is 26.0 Å². The molecule has 36 heavy (non-hydrogen) atoms. The van der Waals surface area contributed by atoms with Crippen LogP contribution in [0.25, 0.3) is 6.08 Å². The Hall–Kier alpha value is -4.24. The number of ether oxygens (including phenoxy) is 2. The van der Waals surface area contributed by atoms with E-state index in [1.165, 1.54) is 37.5 Å². The average Bonchev–Trinajstić information content (AvgIpc) is 2.86. The predicted molar refractivity (Wildman–Crippen MR) is 136 cm³/mol. The molecule has 1 aliphatic rings. The summed E-state index contributed by atoms with van der Waals surface area (Å²) in [5.74, 6) is -1.54. The van der Waals surface area contributed by atoms with Gasteiger partial charge in [-0.15, -0.1) is 0 Å². The van der Waals surface area contributed by atoms with Gasteiger partial charge in [-0.05, 0) is 76.5 Å². The van der Waals surface area contributed by atoms with Crippen molar-refractivity contribution in [1.82, 2.24) is 5.32 Å². The SMILES string of the molecule is COC(=O)c1ccc(N2C(=O)NC(=O)/C(=C\c3ccc(OCc4cccc(C)c4)c(Br)c3)C2=O)cc1. The predicted octanol–water partition coefficient (Wildman–Crippen LogP) is 4.79. The Morgan fingerprint density at radius 3 is 2.44 bits per heavy atom. The highest BCUT2D eigenvalue weighted by molar-refractivity contribution is 9.10. The van der Waals surface area contributed by atoms with E-state index in [1.54, 1.807) is 18.2 Å². The van der Waals surface area contributed by atoms with Gasteiger partial charge in [0.05, 0.1) is 22.8 Å². The number of hydrogen-bond donors (Lipinski definition) is 1. The van der Waals surface area contributed by atoms with Gasteiger partial charge in [0.2, 0.25) is 0 Å². The van der Waals surface area contributed by atoms with E-state index in [0.717, 1.165) is 16.0 Å². The molecule has 0 spiro atoms. The quantitative estimate of drug-likeness (QED) is 0.270. The number of halogens is 1. The highest BCUT2D eigenvalue weighted by Gasteiger charge is 2.36. The van der Waals surface area contributed by atoms with Gasteiger partial charge in [-0.25, -0.2) is 14.5 Å². The summed E-state index contributed by atoms with van der Waals surface area (Å²) in [7, 11) is 1.25. The molecule has 1 fully saturated rings. The van der Waals surface area contributed by atoms with E-state index in [1.807, 2.05) is 31.2 Å². The molecule has 0 aromatic heterocycles. The van der Waals surface area contributed by atoms with Gasteiger partial charge in [-0.2, -0.15) is 0 Å². The molecule has 9 heteroatoms. The standard InChI is InChI=1S/C27H21BrN2O6/c1-16-4-3-5-18(12-16)15-36-23-11-6-17(14-22(23)28)13-21-24(31)29-27(34)30(25(21)32)20-9-7-19(8-10-20)26(33)35-2/h3-14H,15H2,1-2H3,(H,29,31,34)/b21-13+. The molecule has 182 valence electrons. The number of urea groups is 1. The monoisotopic (exact) mass is 548 g/mol. The number of hydrogen-bond acceptors (Lipinski definition) is 6. The van der Waals surface area contributed by atoms with Crippen molar-refractivity contribution in [3.63, 3.8) is 0 Å². The van der Waals surface area contributed by atoms with Crippen LogP contribution < -0.4 is 15.0 Å². The Morgan fingerprint density at radius 2 is 1.78 bits per heavy atom. The van der Waals surface area contributed by atoms with Gasteiger partial charge in [0, 0.05) is 0 Å². The van der Waals surface area contributed by atoms with Crippen molar-refractivity contribution in [3.8, 4) is 5.75 Å². The fourth-order valence-corrected chi connectivity index (χ4v) is 4.12. The molecule has 0 radical (unpaired) electrons. The Balaban J connectivity index is 1.55. The minimum Gasteiger partial charge on any atom is -0.488 e. The Kier molecular flexibility index (Phi) is 7.30. The van der Waals surface area contributed by atoms with Gasteiger partial charge in [0.15, 0.2) is 0 Å². The molecular weight excluding hydrogens is 528 g/mol. The largest absolute Gasteiger partial charge is 0.488 e. The molecule has 1 saturated heterocycles. The van der Waals surface area contributed by atoms with E-state index in [-0.39, 0.29) is 16.8 Å². The van der Waals surface area contributed by atoms with E-state index in [9.17, 15) is 19.2 Å². The number of nitrogens with zero attached hydrogens (tertiary/aromatic N) is 1. The average molecular weight is 549 g/mol. The third-order valence-corrected chi connectivity index (χ3v) is 6.01. The van der Waals surface area contributed by atoms with Crippen LogP contribution in [0, 0.1) is 6.92 Å². The molecule has 3 aromatic rings. The van der Waals surface area contributed by atoms with Crippen LogP contribution in [-0.4, -0.2) is 30.9 Å². The molecule has 0 bridgehead atoms. The maximum atomic E-state index is 13.1. The topological polar surface area (TPSA) is 102 Å². The molecule has 0 saturated carbocycles. The zero-order valence-electron chi connectivity index (χ0n) is 19.4. The van der Waals surface area contributed by atoms with Crippen LogP contribution in [-0.2, 0) is 20.9 Å². The summed E-state index contributed by atoms with van der Waals surface area (Å²) in [6.07, 6.45) is 1.40. The van der Waals surface area contributed by atoms with Crippen LogP contribution in [0.5, 0.6) is 5.75 Å². The van der Waals surface area contributed by atoms with Crippen molar-refractivity contribution >= 4 is 51.5 Å². The number of carbonyl (C=O) groups is 4. The van der Waals surface area contributed by atoms with Gasteiger partial charge in [-0.3, -0.25) is 14.9 Å². The summed E-state index contributed by atoms with van der Waals surface area (Å²) < 4.78 is 11.2. The second-order valence-corrected chi connectivity index (χ2v) is 8.82. The number of aryl methyl sites for hydroxylation is 1. The van der Waals surface area contributed by atoms with Crippen LogP contribution >= 0.6 is 15.9 Å². The number of esters is 1. The molecule has 4 amide bonds. The summed E-state index contributed by atoms with van der Waals surface area (Å²) in [6.45, 7) is 2.39. The number of nitrogens with one attached hydrogen (secondary N) is 1. The first kappa shape index (κ1) is 24.9. The Bertz CT molecular complexity index is 1400. The number of amides is 4. The molecule has 8 nitrogen and oxygen atoms in total. The van der Waals surface area contributed by atoms with Gasteiger partial charge < -0.3 is 9.47 Å². The molecule has 1 N–H and O–H groups in total. The zero-order valence-corrected chi connectivity index (χ0v) is 21.0. The van der Waals surface area contributed by atoms with Gasteiger partial charge in [0.1, 0.15) is 17.9 Å². The van der Waals surface area contributed by atoms with Crippen LogP contribution in [0.4, 0.5) is 10.5 Å². The van der Waals surface area contributed by atoms with Gasteiger partial charge in [-0.1, -0.05) is 35.9 Å². The molecule has 1 aliphatic heterocycles. The third kappa shape index (κ3) is 5.36. The number of carbonyl (C=O) groups excluding carboxylic acids is 4. The normalized spacial score (nSPS) is 14.6. The van der Waals surface area contributed by atoms with Crippen molar-refractivity contribution in [2.45, 2.75) is 13.5 Å². The van der Waals surface area contributed by atoms with E-state index in [4.69, 9.17) is 4.74 Å². The fraction of sp³-hybridized carbons (Fsp3) is 0.111. The van der Waals surface area contributed by atoms with Gasteiger partial charge in [0.25, 0.3) is 11.8 Å². The highest BCUT2D eigenvalue weighted by Crippen LogP contribution is 2.29. The number of anilines is 1. The minimum atomic E-state index is -0.881. The Labute approximate surface area is 215 Å². The minimum absolute atomic E-state index is 0.199. The lowest BCUT2D eigenvalue weighted by atomic mass is 10.1. The maximum absolute atomic E-state index is 13.1. The maximum Gasteiger partial charge on any atom is 0.337 e. The number of rotatable bonds is 6. The molecule has 1 heterocycles. The molecule has 3 aromatic carbocycles. The van der Waals surface area contributed by atoms with E-state index >= 15 is 0 Å². The van der Waals surface area contributed by atoms with Crippen molar-refractivity contribution in [2.75, 3.05) is 12.0 Å². The van der Waals surface area contributed by atoms with E-state index in [0.29, 0.717) is 22.4 Å². The number of benzene rings is 3. The second-order valence-electron chi connectivity index (χ2n) is 7.96. The van der Waals surface area contributed by atoms with Gasteiger partial charge >= 0.3 is 12.0 Å². The number of methoxy groups -OCH3 is 1. The molecule has 0 unspecified atom stereocenters. The van der Waals surface area contributed by atoms with Crippen LogP contribution in [0.2, 0.25) is 0 Å². The lowest BCUT2D eigenvalue weighted by Gasteiger charge is -2.26. The van der Waals surface area contributed by atoms with Crippen LogP contribution in [0.15, 0.2) is 76.8 Å². The van der Waals surface area contributed by atoms with Crippen molar-refractivity contribution in [3.05, 3.63) is 99.0 Å². The van der Waals surface area contributed by atoms with Crippen LogP contribution in [0.1, 0.15) is 27.0 Å². The number of imide groups is 2. The summed E-state index contributed by atoms with van der Waals surface area (Å²) in [5, 5.41) is 2.18. The molecule has 4 rings (SSSR count). The van der Waals surface area contributed by atoms with Crippen LogP contribution in [0.3, 0.4) is 0 Å². The van der Waals surface area contributed by atoms with Crippen molar-refractivity contribution in [1.29, 1.82) is 0 Å². The lowest BCUT2D eigenvalue weighted by Crippen LogP contribution is -2.54. The third-order valence-electron chi connectivity index (χ3n) is 5.39. The highest BCUT2D eigenvalue weighted by atomic mass is 79.9. The second kappa shape index (κ2) is 10.6. The number of barbiturate groups is 1. The van der Waals surface area contributed by atoms with Crippen molar-refractivity contribution in [2.24, 2.45) is 0 Å². The van der Waals surface area contributed by atoms with E-state index < -0.39 is 23.8 Å². The molecule has 0 aliphatic carbocycles. The smallest absolute Gasteiger partial charge is 0.337 e. The summed E-state index contributed by atoms with van der Waals surface area (Å²) in [6, 6.07) is 18.0. The first-order chi connectivity index (χ1) is 17.3. The summed E-state index contributed by atoms with van der Waals surface area (Å²) in [5.41, 5.74) is 2.96. The van der Waals surface area contributed by atoms with Crippen molar-refractivity contribution < 1.29 is 28.7 Å². The first-order valence-electron chi connectivity index (χ1n) is 10.8. The zero-order chi connectivity index (χ0) is 25.8. The summed E-state index contributed by atoms with van der Waals surface area (Å²) >= 11 is 3.47.